The minimum absolute atomic E-state index is 0.0713. The minimum atomic E-state index is -1.17. The number of carbonyl (C=O) groups is 20. The lowest BCUT2D eigenvalue weighted by molar-refractivity contribution is -0.167. The largest absolute Gasteiger partial charge is 0.469 e. The Morgan fingerprint density at radius 3 is 1.25 bits per heavy atom. The molecule has 34 nitrogen and oxygen atoms in total. The van der Waals surface area contributed by atoms with Crippen LogP contribution in [0.25, 0.3) is 0 Å². The number of ketones is 8. The van der Waals surface area contributed by atoms with Crippen LogP contribution >= 0.6 is 0 Å². The topological polar surface area (TPSA) is 515 Å². The first kappa shape index (κ1) is 91.6. The van der Waals surface area contributed by atoms with Crippen molar-refractivity contribution in [3.8, 4) is 0 Å². The second kappa shape index (κ2) is 54.6. The van der Waals surface area contributed by atoms with E-state index in [1.54, 1.807) is 31.2 Å². The van der Waals surface area contributed by atoms with Crippen LogP contribution in [0, 0.1) is 5.92 Å². The molecule has 0 aliphatic rings. The summed E-state index contributed by atoms with van der Waals surface area (Å²) in [5.74, 6) is -13.9. The summed E-state index contributed by atoms with van der Waals surface area (Å²) in [6.07, 6.45) is 8.21. The number of rotatable bonds is 47. The summed E-state index contributed by atoms with van der Waals surface area (Å²) in [5, 5.41) is 16.9. The van der Waals surface area contributed by atoms with Gasteiger partial charge in [-0.25, -0.2) is 14.4 Å². The van der Waals surface area contributed by atoms with Gasteiger partial charge in [0.25, 0.3) is 47.3 Å². The lowest BCUT2D eigenvalue weighted by Crippen LogP contribution is -2.44. The number of esters is 4. The van der Waals surface area contributed by atoms with E-state index in [2.05, 4.69) is 46.7 Å². The number of nitrogens with one attached hydrogen (secondary N) is 7. The number of primary amides is 1. The summed E-state index contributed by atoms with van der Waals surface area (Å²) in [4.78, 5) is 228. The smallest absolute Gasteiger partial charge is 0.346 e. The molecule has 2 rings (SSSR count). The molecule has 2 aromatic rings. The van der Waals surface area contributed by atoms with Crippen LogP contribution in [0.5, 0.6) is 0 Å². The predicted octanol–water partition coefficient (Wildman–Crippen LogP) is 1.45. The summed E-state index contributed by atoms with van der Waals surface area (Å²) >= 11 is 0. The van der Waals surface area contributed by atoms with Gasteiger partial charge < -0.3 is 65.4 Å². The number of hydrogen-bond acceptors (Lipinski definition) is 26. The molecule has 0 aromatic carbocycles. The Bertz CT molecular complexity index is 2850. The molecule has 0 spiro atoms. The van der Waals surface area contributed by atoms with E-state index in [4.69, 9.17) is 24.0 Å². The number of nitrogens with two attached hydrogens (primary N) is 1. The van der Waals surface area contributed by atoms with E-state index in [1.807, 2.05) is 6.92 Å². The normalized spacial score (nSPS) is 11.3. The highest BCUT2D eigenvalue weighted by Crippen LogP contribution is 2.11. The van der Waals surface area contributed by atoms with Crippen LogP contribution in [0.2, 0.25) is 0 Å². The zero-order valence-corrected chi connectivity index (χ0v) is 58.1. The van der Waals surface area contributed by atoms with Gasteiger partial charge in [-0.05, 0) is 104 Å². The van der Waals surface area contributed by atoms with Crippen molar-refractivity contribution >= 4 is 123 Å². The van der Waals surface area contributed by atoms with Crippen LogP contribution in [0.3, 0.4) is 0 Å². The van der Waals surface area contributed by atoms with Gasteiger partial charge in [0.2, 0.25) is 46.3 Å². The number of Topliss-reactive ketones (excluding diaryl/α,β-unsaturated/α-hetero) is 8. The van der Waals surface area contributed by atoms with Crippen LogP contribution in [0.4, 0.5) is 5.88 Å². The van der Waals surface area contributed by atoms with Gasteiger partial charge in [0.05, 0.1) is 39.1 Å². The molecule has 100 heavy (non-hydrogen) atoms. The molecular formula is C66H96N8O26. The zero-order chi connectivity index (χ0) is 76.1. The Morgan fingerprint density at radius 1 is 0.430 bits per heavy atom. The van der Waals surface area contributed by atoms with Gasteiger partial charge in [-0.1, -0.05) is 39.5 Å². The maximum Gasteiger partial charge on any atom is 0.346 e. The van der Waals surface area contributed by atoms with Crippen molar-refractivity contribution in [2.45, 2.75) is 195 Å². The molecule has 0 fully saturated rings. The average molecular weight is 1420 g/mol. The van der Waals surface area contributed by atoms with Gasteiger partial charge in [-0.3, -0.25) is 86.8 Å². The number of amides is 8. The highest BCUT2D eigenvalue weighted by Gasteiger charge is 2.28. The third-order valence-corrected chi connectivity index (χ3v) is 13.3. The Balaban J connectivity index is 0. The standard InChI is InChI=1S/C24H36N2O12.C18H20N2O6.C14H24N2O4.C10H16N2O4/c1-13(21(31)37-15(3)23(33)35-5)12-18(28)19(29)25-11-9-7-8-10-17(27)20(30)26-14(2)22(32)38-16(4)24(34)36-6;21-14(18(24)20-16-8-5-11-26-16)7-2-1-3-9-19-17(23)15(22)12-13-6-4-10-25-13;1-3-8-11(17)14(20)16-10-7-5-6-9-12(18)13(19)15-4-2;1-7(13)10(16)12-6-4-2-3-5-8(14)9(11)15/h13-16H,7-12H2,1-6H3,(H,25,29)(H,26,30);4-6,8,10-11H,1-3,7,9,12H2,(H,19,23)(H,20,24);3-10H2,1-2H3,(H,15,19)(H,16,20);2-6H2,1H3,(H2,11,15)(H,12,16). The van der Waals surface area contributed by atoms with E-state index in [0.717, 1.165) is 20.6 Å². The molecule has 34 heteroatoms. The van der Waals surface area contributed by atoms with Crippen molar-refractivity contribution < 1.29 is 124 Å². The van der Waals surface area contributed by atoms with Crippen molar-refractivity contribution in [3.05, 3.63) is 42.6 Å². The number of furan rings is 2. The first-order valence-electron chi connectivity index (χ1n) is 32.4. The number of hydrogen-bond donors (Lipinski definition) is 8. The molecule has 2 aromatic heterocycles. The lowest BCUT2D eigenvalue weighted by Gasteiger charge is -2.16. The Kier molecular flexibility index (Phi) is 50.0. The van der Waals surface area contributed by atoms with E-state index in [-0.39, 0.29) is 56.7 Å². The first-order chi connectivity index (χ1) is 47.3. The Hall–Kier alpha value is -10.4. The molecule has 556 valence electrons. The monoisotopic (exact) mass is 1420 g/mol. The summed E-state index contributed by atoms with van der Waals surface area (Å²) in [6, 6.07) is 5.27. The summed E-state index contributed by atoms with van der Waals surface area (Å²) in [7, 11) is 2.27. The van der Waals surface area contributed by atoms with Crippen LogP contribution in [0.15, 0.2) is 45.6 Å². The van der Waals surface area contributed by atoms with E-state index in [1.165, 1.54) is 47.1 Å². The molecule has 0 saturated carbocycles. The molecule has 0 saturated heterocycles. The van der Waals surface area contributed by atoms with Crippen LogP contribution < -0.4 is 43.0 Å². The number of methoxy groups -OCH3 is 2. The lowest BCUT2D eigenvalue weighted by atomic mass is 10.0. The molecule has 4 atom stereocenters. The third kappa shape index (κ3) is 44.4. The van der Waals surface area contributed by atoms with Gasteiger partial charge in [0.15, 0.2) is 18.1 Å². The molecule has 0 aliphatic carbocycles. The highest BCUT2D eigenvalue weighted by molar-refractivity contribution is 6.41. The van der Waals surface area contributed by atoms with Crippen LogP contribution in [0.1, 0.15) is 176 Å². The van der Waals surface area contributed by atoms with E-state index >= 15 is 0 Å². The van der Waals surface area contributed by atoms with Crippen molar-refractivity contribution in [3.63, 3.8) is 0 Å². The third-order valence-electron chi connectivity index (χ3n) is 13.3. The molecule has 0 bridgehead atoms. The molecule has 9 N–H and O–H groups in total. The molecule has 8 amide bonds. The van der Waals surface area contributed by atoms with Crippen molar-refractivity contribution in [2.75, 3.05) is 52.3 Å². The van der Waals surface area contributed by atoms with E-state index in [9.17, 15) is 95.9 Å². The molecular weight excluding hydrogens is 1320 g/mol. The summed E-state index contributed by atoms with van der Waals surface area (Å²) < 4.78 is 28.5. The van der Waals surface area contributed by atoms with Crippen molar-refractivity contribution in [2.24, 2.45) is 11.7 Å². The fourth-order valence-electron chi connectivity index (χ4n) is 7.61. The zero-order valence-electron chi connectivity index (χ0n) is 58.1. The van der Waals surface area contributed by atoms with Crippen LogP contribution in [-0.2, 0) is 121 Å². The van der Waals surface area contributed by atoms with Gasteiger partial charge in [-0.15, -0.1) is 0 Å². The second-order valence-corrected chi connectivity index (χ2v) is 22.0. The number of ether oxygens (including phenoxy) is 4. The Labute approximate surface area is 578 Å². The first-order valence-corrected chi connectivity index (χ1v) is 32.4. The molecule has 0 aliphatic heterocycles. The minimum Gasteiger partial charge on any atom is -0.469 e. The fourth-order valence-corrected chi connectivity index (χ4v) is 7.61. The van der Waals surface area contributed by atoms with Gasteiger partial charge in [0.1, 0.15) is 11.8 Å². The number of likely N-dealkylation sites (N-methyl/N-ethyl adjacent to an activating group) is 1. The van der Waals surface area contributed by atoms with Crippen molar-refractivity contribution in [1.29, 1.82) is 0 Å². The molecule has 2 heterocycles. The van der Waals surface area contributed by atoms with Gasteiger partial charge >= 0.3 is 23.9 Å². The Morgan fingerprint density at radius 2 is 0.830 bits per heavy atom. The summed E-state index contributed by atoms with van der Waals surface area (Å²) in [6.45, 7) is 11.8. The average Bonchev–Trinajstić information content (AvgIpc) is 1.04. The van der Waals surface area contributed by atoms with Gasteiger partial charge in [-0.2, -0.15) is 0 Å². The van der Waals surface area contributed by atoms with Crippen molar-refractivity contribution in [1.82, 2.24) is 31.9 Å². The van der Waals surface area contributed by atoms with E-state index < -0.39 is 142 Å². The number of anilines is 1. The maximum absolute atomic E-state index is 12.0. The maximum atomic E-state index is 12.0. The second-order valence-electron chi connectivity index (χ2n) is 22.0. The fraction of sp³-hybridized carbons (Fsp3) is 0.576. The van der Waals surface area contributed by atoms with E-state index in [0.29, 0.717) is 109 Å². The highest BCUT2D eigenvalue weighted by atomic mass is 16.6. The summed E-state index contributed by atoms with van der Waals surface area (Å²) in [5.41, 5.74) is 4.77. The predicted molar refractivity (Wildman–Crippen MR) is 351 cm³/mol. The molecule has 4 unspecified atom stereocenters. The SMILES string of the molecule is CC(=O)C(=O)NCCCCCC(=O)C(N)=O.CCCC(=O)C(=O)NCCCCCC(=O)C(=O)NCC.COC(=O)C(C)OC(=O)C(C)CC(=O)C(=O)NCCCCCC(=O)C(=O)NC(C)C(=O)OC(C)C(=O)OC.O=C(Cc1ccco1)C(=O)NCCCCCC(=O)C(=O)Nc1ccco1. The molecule has 0 radical (unpaired) electrons. The number of carbonyl (C=O) groups excluding carboxylic acids is 20. The van der Waals surface area contributed by atoms with Crippen LogP contribution in [-0.4, -0.2) is 183 Å². The quantitative estimate of drug-likeness (QED) is 0.0201. The number of unbranched alkanes of at least 4 members (excludes halogenated alkanes) is 8. The van der Waals surface area contributed by atoms with Gasteiger partial charge in [0, 0.05) is 84.2 Å².